The van der Waals surface area contributed by atoms with E-state index in [0.717, 1.165) is 0 Å². The molecule has 0 heterocycles. The molecule has 70 valence electrons. The molecule has 14 heavy (non-hydrogen) atoms. The second-order valence-electron chi connectivity index (χ2n) is 3.76. The summed E-state index contributed by atoms with van der Waals surface area (Å²) in [5.41, 5.74) is 9.99. The van der Waals surface area contributed by atoms with E-state index in [4.69, 9.17) is 0 Å². The van der Waals surface area contributed by atoms with Crippen LogP contribution in [0.2, 0.25) is 22.1 Å². The molecule has 0 saturated carbocycles. The minimum absolute atomic E-state index is 0.191. The van der Waals surface area contributed by atoms with Crippen LogP contribution in [0, 0.1) is 0 Å². The van der Waals surface area contributed by atoms with Crippen molar-refractivity contribution in [3.05, 3.63) is 0 Å². The third kappa shape index (κ3) is 8.55. The molecule has 0 fully saturated rings. The van der Waals surface area contributed by atoms with Gasteiger partial charge in [0, 0.05) is 0 Å². The molecular formula is C8H20N2Zn4. The second-order valence-corrected chi connectivity index (χ2v) is 24.4. The number of hydrogen-bond acceptors (Lipinski definition) is 2. The quantitative estimate of drug-likeness (QED) is 0.430. The van der Waals surface area contributed by atoms with E-state index in [1.54, 1.807) is 0 Å². The maximum absolute atomic E-state index is 2.91. The third-order valence-electron chi connectivity index (χ3n) is 2.99. The summed E-state index contributed by atoms with van der Waals surface area (Å²) in [5, 5.41) is 0. The van der Waals surface area contributed by atoms with Crippen molar-refractivity contribution in [1.82, 2.24) is 4.77 Å². The fourth-order valence-electron chi connectivity index (χ4n) is 1.75. The fourth-order valence-corrected chi connectivity index (χ4v) is 17.9. The van der Waals surface area contributed by atoms with E-state index in [9.17, 15) is 0 Å². The van der Waals surface area contributed by atoms with E-state index in [1.165, 1.54) is 25.9 Å². The Kier molecular flexibility index (Phi) is 13.9. The van der Waals surface area contributed by atoms with E-state index in [-0.39, 0.29) is 69.5 Å². The van der Waals surface area contributed by atoms with Crippen molar-refractivity contribution < 1.29 is 69.5 Å². The van der Waals surface area contributed by atoms with Gasteiger partial charge in [-0.3, -0.25) is 0 Å². The molecule has 0 aliphatic rings. The molecule has 0 aromatic heterocycles. The summed E-state index contributed by atoms with van der Waals surface area (Å²) in [6.45, 7) is 2.96. The van der Waals surface area contributed by atoms with Crippen LogP contribution in [-0.2, 0) is 69.5 Å². The van der Waals surface area contributed by atoms with Crippen LogP contribution in [0.15, 0.2) is 0 Å². The second kappa shape index (κ2) is 11.9. The van der Waals surface area contributed by atoms with Gasteiger partial charge in [0.2, 0.25) is 0 Å². The van der Waals surface area contributed by atoms with Crippen LogP contribution < -0.4 is 0 Å². The Morgan fingerprint density at radius 2 is 0.929 bits per heavy atom. The van der Waals surface area contributed by atoms with E-state index >= 15 is 0 Å². The Morgan fingerprint density at radius 1 is 0.643 bits per heavy atom. The summed E-state index contributed by atoms with van der Waals surface area (Å²) in [5.74, 6) is 0. The fraction of sp³-hybridized carbons (Fsp3) is 1.00. The molecule has 0 radical (unpaired) electrons. The van der Waals surface area contributed by atoms with Crippen LogP contribution in [0.25, 0.3) is 0 Å². The van der Waals surface area contributed by atoms with E-state index in [2.05, 4.69) is 26.8 Å². The van der Waals surface area contributed by atoms with Gasteiger partial charge in [0.15, 0.2) is 0 Å². The van der Waals surface area contributed by atoms with Crippen LogP contribution in [0.1, 0.15) is 12.8 Å². The number of unbranched alkanes of at least 4 members (excludes halogenated alkanes) is 1. The van der Waals surface area contributed by atoms with Crippen molar-refractivity contribution in [2.45, 2.75) is 34.9 Å². The maximum atomic E-state index is 2.91. The molecule has 0 aliphatic heterocycles. The van der Waals surface area contributed by atoms with E-state index in [1.807, 2.05) is 0 Å². The summed E-state index contributed by atoms with van der Waals surface area (Å²) in [7, 11) is 0. The van der Waals surface area contributed by atoms with Gasteiger partial charge in [0.1, 0.15) is 0 Å². The third-order valence-corrected chi connectivity index (χ3v) is 32.6. The summed E-state index contributed by atoms with van der Waals surface area (Å²) >= 11 is -0.762. The summed E-state index contributed by atoms with van der Waals surface area (Å²) in [6.07, 6.45) is 3.00. The Morgan fingerprint density at radius 3 is 1.14 bits per heavy atom. The van der Waals surface area contributed by atoms with Gasteiger partial charge in [-0.1, -0.05) is 0 Å². The monoisotopic (exact) mass is 400 g/mol. The Balaban J connectivity index is 3.35. The molecule has 0 bridgehead atoms. The topological polar surface area (TPSA) is 6.48 Å². The minimum atomic E-state index is -0.191. The van der Waals surface area contributed by atoms with Crippen LogP contribution in [0.4, 0.5) is 0 Å². The summed E-state index contributed by atoms with van der Waals surface area (Å²) in [4.78, 5) is 0. The molecule has 0 amide bonds. The average Bonchev–Trinajstić information content (AvgIpc) is 2.24. The summed E-state index contributed by atoms with van der Waals surface area (Å²) in [6, 6.07) is 0. The first kappa shape index (κ1) is 16.4. The molecular weight excluding hydrogens is 386 g/mol. The molecule has 0 saturated heterocycles. The van der Waals surface area contributed by atoms with Gasteiger partial charge in [-0.2, -0.15) is 0 Å². The van der Waals surface area contributed by atoms with E-state index < -0.39 is 0 Å². The first-order valence-corrected chi connectivity index (χ1v) is 23.4. The predicted molar refractivity (Wildman–Crippen MR) is 46.1 cm³/mol. The molecule has 0 aliphatic carbocycles. The predicted octanol–water partition coefficient (Wildman–Crippen LogP) is 2.55. The first-order chi connectivity index (χ1) is 6.78. The normalized spacial score (nSPS) is 9.29. The molecule has 0 N–H and O–H groups in total. The van der Waals surface area contributed by atoms with Crippen LogP contribution in [0.3, 0.4) is 0 Å². The average molecular weight is 406 g/mol. The van der Waals surface area contributed by atoms with Crippen LogP contribution in [0.5, 0.6) is 0 Å². The molecule has 0 aromatic carbocycles. The first-order valence-electron chi connectivity index (χ1n) is 6.23. The standard InChI is InChI=1S/C4H8N2.4CH3.4Zn/c5-3-1-2-4-6;;;;;;;;/h1-4H2;4*1H3;;;;. The Bertz CT molecular complexity index is 104. The Hall–Kier alpha value is 2.41. The zero-order valence-corrected chi connectivity index (χ0v) is 22.4. The zero-order chi connectivity index (χ0) is 10.8. The van der Waals surface area contributed by atoms with Crippen molar-refractivity contribution in [2.75, 3.05) is 13.1 Å². The van der Waals surface area contributed by atoms with Gasteiger partial charge < -0.3 is 0 Å². The van der Waals surface area contributed by atoms with Crippen molar-refractivity contribution in [2.24, 2.45) is 0 Å². The van der Waals surface area contributed by atoms with Gasteiger partial charge in [-0.25, -0.2) is 0 Å². The van der Waals surface area contributed by atoms with Gasteiger partial charge >= 0.3 is 122 Å². The number of hydrogen-bond donors (Lipinski definition) is 0. The molecule has 2 nitrogen and oxygen atoms in total. The number of nitrogens with zero attached hydrogens (tertiary/aromatic N) is 2. The van der Waals surface area contributed by atoms with Crippen molar-refractivity contribution in [3.8, 4) is 0 Å². The van der Waals surface area contributed by atoms with E-state index in [0.29, 0.717) is 0 Å². The number of rotatable bonds is 9. The van der Waals surface area contributed by atoms with Gasteiger partial charge in [0.05, 0.1) is 0 Å². The van der Waals surface area contributed by atoms with Gasteiger partial charge in [0.25, 0.3) is 0 Å². The molecule has 6 heteroatoms. The molecule has 0 rings (SSSR count). The molecule has 0 aromatic rings. The van der Waals surface area contributed by atoms with Crippen LogP contribution in [-0.4, -0.2) is 17.9 Å². The molecule has 0 atom stereocenters. The molecule has 0 spiro atoms. The van der Waals surface area contributed by atoms with Crippen molar-refractivity contribution >= 4 is 0 Å². The molecule has 0 unspecified atom stereocenters. The Labute approximate surface area is 121 Å². The van der Waals surface area contributed by atoms with Crippen LogP contribution >= 0.6 is 0 Å². The van der Waals surface area contributed by atoms with Gasteiger partial charge in [-0.15, -0.1) is 0 Å². The summed E-state index contributed by atoms with van der Waals surface area (Å²) < 4.78 is 5.82. The van der Waals surface area contributed by atoms with Gasteiger partial charge in [-0.05, 0) is 0 Å². The SMILES string of the molecule is [CH3][Zn][N](CCCC[N]([Zn][CH3])[Zn][CH3])[Zn][CH3]. The van der Waals surface area contributed by atoms with Crippen molar-refractivity contribution in [3.63, 3.8) is 0 Å². The zero-order valence-electron chi connectivity index (χ0n) is 10.6. The van der Waals surface area contributed by atoms with Crippen molar-refractivity contribution in [1.29, 1.82) is 0 Å².